The van der Waals surface area contributed by atoms with E-state index in [0.717, 1.165) is 11.1 Å². The molecule has 10 heteroatoms. The molecule has 0 spiro atoms. The van der Waals surface area contributed by atoms with Gasteiger partial charge in [0.1, 0.15) is 4.90 Å². The van der Waals surface area contributed by atoms with E-state index in [-0.39, 0.29) is 46.0 Å². The first-order valence-corrected chi connectivity index (χ1v) is 12.2. The van der Waals surface area contributed by atoms with Crippen LogP contribution in [-0.2, 0) is 20.0 Å². The van der Waals surface area contributed by atoms with Gasteiger partial charge in [0.2, 0.25) is 20.0 Å². The molecule has 1 fully saturated rings. The number of sulfonamides is 2. The second kappa shape index (κ2) is 7.93. The zero-order chi connectivity index (χ0) is 20.7. The molecule has 1 saturated heterocycles. The zero-order valence-electron chi connectivity index (χ0n) is 15.4. The van der Waals surface area contributed by atoms with Gasteiger partial charge in [-0.1, -0.05) is 35.3 Å². The third-order valence-corrected chi connectivity index (χ3v) is 9.58. The highest BCUT2D eigenvalue weighted by molar-refractivity contribution is 7.89. The molecule has 0 bridgehead atoms. The summed E-state index contributed by atoms with van der Waals surface area (Å²) in [6.07, 6.45) is 0. The van der Waals surface area contributed by atoms with Crippen molar-refractivity contribution in [3.63, 3.8) is 0 Å². The van der Waals surface area contributed by atoms with Gasteiger partial charge < -0.3 is 0 Å². The molecule has 2 aromatic carbocycles. The predicted molar refractivity (Wildman–Crippen MR) is 110 cm³/mol. The summed E-state index contributed by atoms with van der Waals surface area (Å²) in [5.41, 5.74) is 1.89. The summed E-state index contributed by atoms with van der Waals surface area (Å²) in [7, 11) is -7.61. The Morgan fingerprint density at radius 1 is 0.750 bits per heavy atom. The van der Waals surface area contributed by atoms with Crippen LogP contribution in [0.25, 0.3) is 0 Å². The van der Waals surface area contributed by atoms with Gasteiger partial charge in [0.05, 0.1) is 14.9 Å². The molecule has 0 saturated carbocycles. The van der Waals surface area contributed by atoms with Crippen LogP contribution in [0.1, 0.15) is 11.1 Å². The fourth-order valence-corrected chi connectivity index (χ4v) is 7.05. The predicted octanol–water partition coefficient (Wildman–Crippen LogP) is 3.31. The molecule has 0 N–H and O–H groups in total. The summed E-state index contributed by atoms with van der Waals surface area (Å²) in [5, 5.41) is 0.0790. The lowest BCUT2D eigenvalue weighted by Gasteiger charge is -2.33. The topological polar surface area (TPSA) is 74.8 Å². The van der Waals surface area contributed by atoms with Crippen molar-refractivity contribution in [3.8, 4) is 0 Å². The summed E-state index contributed by atoms with van der Waals surface area (Å²) in [6.45, 7) is 3.91. The summed E-state index contributed by atoms with van der Waals surface area (Å²) in [6, 6.07) is 9.46. The number of benzene rings is 2. The Hall–Kier alpha value is -1.16. The fraction of sp³-hybridized carbons (Fsp3) is 0.333. The van der Waals surface area contributed by atoms with E-state index in [9.17, 15) is 16.8 Å². The SMILES string of the molecule is Cc1ccc(S(=O)(=O)N2CCN(S(=O)(=O)c3c(Cl)cccc3Cl)CC2)cc1C. The van der Waals surface area contributed by atoms with Gasteiger partial charge in [-0.2, -0.15) is 8.61 Å². The van der Waals surface area contributed by atoms with Crippen molar-refractivity contribution in [1.29, 1.82) is 0 Å². The minimum Gasteiger partial charge on any atom is -0.207 e. The molecular weight excluding hydrogens is 443 g/mol. The normalized spacial score (nSPS) is 17.0. The Morgan fingerprint density at radius 2 is 1.25 bits per heavy atom. The molecule has 152 valence electrons. The first-order valence-electron chi connectivity index (χ1n) is 8.56. The fourth-order valence-electron chi connectivity index (χ4n) is 3.03. The number of aryl methyl sites for hydroxylation is 2. The van der Waals surface area contributed by atoms with Gasteiger partial charge in [-0.25, -0.2) is 16.8 Å². The lowest BCUT2D eigenvalue weighted by Crippen LogP contribution is -2.50. The maximum absolute atomic E-state index is 12.9. The number of hydrogen-bond acceptors (Lipinski definition) is 4. The van der Waals surface area contributed by atoms with Gasteiger partial charge in [-0.15, -0.1) is 0 Å². The van der Waals surface area contributed by atoms with Crippen molar-refractivity contribution in [3.05, 3.63) is 57.6 Å². The third-order valence-electron chi connectivity index (χ3n) is 4.83. The second-order valence-electron chi connectivity index (χ2n) is 6.61. The Bertz CT molecular complexity index is 1090. The molecule has 0 aliphatic carbocycles. The average molecular weight is 463 g/mol. The van der Waals surface area contributed by atoms with E-state index in [1.54, 1.807) is 24.3 Å². The summed E-state index contributed by atoms with van der Waals surface area (Å²) >= 11 is 12.1. The van der Waals surface area contributed by atoms with E-state index in [1.165, 1.54) is 20.7 Å². The Morgan fingerprint density at radius 3 is 1.75 bits per heavy atom. The van der Waals surface area contributed by atoms with Gasteiger partial charge in [0.15, 0.2) is 0 Å². The van der Waals surface area contributed by atoms with E-state index < -0.39 is 20.0 Å². The molecule has 1 aliphatic heterocycles. The minimum atomic E-state index is -3.92. The molecular formula is C18H20Cl2N2O4S2. The molecule has 1 heterocycles. The molecule has 3 rings (SSSR count). The van der Waals surface area contributed by atoms with Crippen LogP contribution < -0.4 is 0 Å². The van der Waals surface area contributed by atoms with Crippen LogP contribution >= 0.6 is 23.2 Å². The van der Waals surface area contributed by atoms with E-state index in [2.05, 4.69) is 0 Å². The van der Waals surface area contributed by atoms with E-state index in [1.807, 2.05) is 13.8 Å². The molecule has 0 aromatic heterocycles. The maximum atomic E-state index is 12.9. The molecule has 28 heavy (non-hydrogen) atoms. The van der Waals surface area contributed by atoms with Crippen LogP contribution in [0.5, 0.6) is 0 Å². The van der Waals surface area contributed by atoms with Crippen molar-refractivity contribution in [1.82, 2.24) is 8.61 Å². The molecule has 0 amide bonds. The van der Waals surface area contributed by atoms with Gasteiger partial charge in [-0.3, -0.25) is 0 Å². The highest BCUT2D eigenvalue weighted by Gasteiger charge is 2.35. The van der Waals surface area contributed by atoms with E-state index in [4.69, 9.17) is 23.2 Å². The molecule has 0 radical (unpaired) electrons. The van der Waals surface area contributed by atoms with E-state index in [0.29, 0.717) is 0 Å². The summed E-state index contributed by atoms with van der Waals surface area (Å²) < 4.78 is 54.2. The number of nitrogens with zero attached hydrogens (tertiary/aromatic N) is 2. The minimum absolute atomic E-state index is 0.0218. The quantitative estimate of drug-likeness (QED) is 0.698. The maximum Gasteiger partial charge on any atom is 0.246 e. The van der Waals surface area contributed by atoms with Crippen molar-refractivity contribution in [2.75, 3.05) is 26.2 Å². The van der Waals surface area contributed by atoms with Crippen LogP contribution in [0, 0.1) is 13.8 Å². The van der Waals surface area contributed by atoms with Crippen molar-refractivity contribution >= 4 is 43.2 Å². The van der Waals surface area contributed by atoms with Crippen LogP contribution in [-0.4, -0.2) is 51.6 Å². The second-order valence-corrected chi connectivity index (χ2v) is 11.2. The number of rotatable bonds is 4. The third kappa shape index (κ3) is 3.94. The van der Waals surface area contributed by atoms with Gasteiger partial charge in [0.25, 0.3) is 0 Å². The average Bonchev–Trinajstić information content (AvgIpc) is 2.63. The first kappa shape index (κ1) is 21.5. The Labute approximate surface area is 175 Å². The Balaban J connectivity index is 1.81. The van der Waals surface area contributed by atoms with Crippen LogP contribution in [0.2, 0.25) is 10.0 Å². The molecule has 0 atom stereocenters. The number of halogens is 2. The monoisotopic (exact) mass is 462 g/mol. The van der Waals surface area contributed by atoms with Crippen molar-refractivity contribution in [2.24, 2.45) is 0 Å². The van der Waals surface area contributed by atoms with Gasteiger partial charge in [-0.05, 0) is 49.2 Å². The summed E-state index contributed by atoms with van der Waals surface area (Å²) in [4.78, 5) is 0.0601. The first-order chi connectivity index (χ1) is 13.0. The number of piperazine rings is 1. The number of hydrogen-bond donors (Lipinski definition) is 0. The van der Waals surface area contributed by atoms with Crippen molar-refractivity contribution < 1.29 is 16.8 Å². The molecule has 1 aliphatic rings. The van der Waals surface area contributed by atoms with Crippen molar-refractivity contribution in [2.45, 2.75) is 23.6 Å². The smallest absolute Gasteiger partial charge is 0.207 e. The van der Waals surface area contributed by atoms with Gasteiger partial charge in [0, 0.05) is 26.2 Å². The van der Waals surface area contributed by atoms with E-state index >= 15 is 0 Å². The standard InChI is InChI=1S/C18H20Cl2N2O4S2/c1-13-6-7-15(12-14(13)2)27(23,24)21-8-10-22(11-9-21)28(25,26)18-16(19)4-3-5-17(18)20/h3-7,12H,8-11H2,1-2H3. The largest absolute Gasteiger partial charge is 0.246 e. The zero-order valence-corrected chi connectivity index (χ0v) is 18.5. The van der Waals surface area contributed by atoms with Gasteiger partial charge >= 0.3 is 0 Å². The molecule has 2 aromatic rings. The van der Waals surface area contributed by atoms with Crippen LogP contribution in [0.4, 0.5) is 0 Å². The van der Waals surface area contributed by atoms with Crippen LogP contribution in [0.15, 0.2) is 46.2 Å². The summed E-state index contributed by atoms with van der Waals surface area (Å²) in [5.74, 6) is 0. The Kier molecular flexibility index (Phi) is 6.10. The lowest BCUT2D eigenvalue weighted by atomic mass is 10.1. The highest BCUT2D eigenvalue weighted by Crippen LogP contribution is 2.32. The highest BCUT2D eigenvalue weighted by atomic mass is 35.5. The lowest BCUT2D eigenvalue weighted by molar-refractivity contribution is 0.273. The molecule has 0 unspecified atom stereocenters. The molecule has 6 nitrogen and oxygen atoms in total. The van der Waals surface area contributed by atoms with Crippen LogP contribution in [0.3, 0.4) is 0 Å².